The van der Waals surface area contributed by atoms with Crippen molar-refractivity contribution in [1.82, 2.24) is 4.98 Å². The molecule has 0 saturated heterocycles. The molecule has 0 N–H and O–H groups in total. The van der Waals surface area contributed by atoms with Crippen LogP contribution in [0.2, 0.25) is 10.2 Å². The minimum Gasteiger partial charge on any atom is -0.465 e. The molecule has 0 amide bonds. The van der Waals surface area contributed by atoms with Crippen molar-refractivity contribution in [2.24, 2.45) is 0 Å². The average Bonchev–Trinajstić information content (AvgIpc) is 2.14. The van der Waals surface area contributed by atoms with Gasteiger partial charge in [0.05, 0.1) is 17.8 Å². The second-order valence-corrected chi connectivity index (χ2v) is 3.53. The molecule has 0 radical (unpaired) electrons. The maximum Gasteiger partial charge on any atom is 0.341 e. The van der Waals surface area contributed by atoms with Gasteiger partial charge >= 0.3 is 5.97 Å². The van der Waals surface area contributed by atoms with Crippen LogP contribution in [-0.2, 0) is 4.74 Å². The average molecular weight is 234 g/mol. The van der Waals surface area contributed by atoms with Crippen molar-refractivity contribution in [3.63, 3.8) is 0 Å². The molecule has 5 heteroatoms. The van der Waals surface area contributed by atoms with Gasteiger partial charge in [0.25, 0.3) is 0 Å². The lowest BCUT2D eigenvalue weighted by atomic mass is 10.1. The van der Waals surface area contributed by atoms with Crippen molar-refractivity contribution in [2.75, 3.05) is 7.11 Å². The van der Waals surface area contributed by atoms with E-state index in [1.54, 1.807) is 13.8 Å². The number of hydrogen-bond donors (Lipinski definition) is 0. The number of aryl methyl sites for hydroxylation is 1. The summed E-state index contributed by atoms with van der Waals surface area (Å²) in [6.07, 6.45) is 0. The van der Waals surface area contributed by atoms with E-state index in [1.807, 2.05) is 0 Å². The van der Waals surface area contributed by atoms with Gasteiger partial charge in [-0.3, -0.25) is 0 Å². The Bertz CT molecular complexity index is 391. The van der Waals surface area contributed by atoms with Gasteiger partial charge in [-0.25, -0.2) is 9.78 Å². The number of esters is 1. The fourth-order valence-electron chi connectivity index (χ4n) is 1.13. The van der Waals surface area contributed by atoms with E-state index in [9.17, 15) is 4.79 Å². The van der Waals surface area contributed by atoms with Gasteiger partial charge in [-0.15, -0.1) is 0 Å². The standard InChI is InChI=1S/C9H9Cl2NO2/c1-4-6(9(13)14-3)8(11)12-5(2)7(4)10/h1-3H3. The van der Waals surface area contributed by atoms with Gasteiger partial charge in [-0.05, 0) is 19.4 Å². The topological polar surface area (TPSA) is 39.2 Å². The molecule has 0 atom stereocenters. The summed E-state index contributed by atoms with van der Waals surface area (Å²) in [7, 11) is 1.28. The van der Waals surface area contributed by atoms with Crippen LogP contribution in [-0.4, -0.2) is 18.1 Å². The third-order valence-electron chi connectivity index (χ3n) is 1.88. The van der Waals surface area contributed by atoms with Crippen molar-refractivity contribution in [1.29, 1.82) is 0 Å². The highest BCUT2D eigenvalue weighted by atomic mass is 35.5. The highest BCUT2D eigenvalue weighted by Gasteiger charge is 2.18. The summed E-state index contributed by atoms with van der Waals surface area (Å²) in [5.41, 5.74) is 1.42. The third-order valence-corrected chi connectivity index (χ3v) is 2.71. The first kappa shape index (κ1) is 11.3. The number of rotatable bonds is 1. The molecule has 3 nitrogen and oxygen atoms in total. The van der Waals surface area contributed by atoms with Gasteiger partial charge < -0.3 is 4.74 Å². The number of ether oxygens (including phenoxy) is 1. The van der Waals surface area contributed by atoms with Crippen LogP contribution in [0.5, 0.6) is 0 Å². The summed E-state index contributed by atoms with van der Waals surface area (Å²) in [5.74, 6) is -0.526. The Kier molecular flexibility index (Phi) is 3.34. The molecule has 0 aromatic carbocycles. The fraction of sp³-hybridized carbons (Fsp3) is 0.333. The molecule has 0 saturated carbocycles. The molecule has 0 bridgehead atoms. The zero-order valence-electron chi connectivity index (χ0n) is 8.02. The van der Waals surface area contributed by atoms with Crippen LogP contribution in [0, 0.1) is 13.8 Å². The third kappa shape index (κ3) is 1.83. The largest absolute Gasteiger partial charge is 0.465 e. The summed E-state index contributed by atoms with van der Waals surface area (Å²) in [5, 5.41) is 0.561. The Morgan fingerprint density at radius 1 is 1.36 bits per heavy atom. The van der Waals surface area contributed by atoms with Gasteiger partial charge in [-0.2, -0.15) is 0 Å². The van der Waals surface area contributed by atoms with Gasteiger partial charge in [0.15, 0.2) is 0 Å². The molecule has 0 fully saturated rings. The monoisotopic (exact) mass is 233 g/mol. The summed E-state index contributed by atoms with van der Waals surface area (Å²) in [6.45, 7) is 3.43. The molecular formula is C9H9Cl2NO2. The van der Waals surface area contributed by atoms with E-state index in [4.69, 9.17) is 23.2 Å². The lowest BCUT2D eigenvalue weighted by Gasteiger charge is -2.08. The molecule has 0 aliphatic rings. The minimum absolute atomic E-state index is 0.122. The second kappa shape index (κ2) is 4.15. The van der Waals surface area contributed by atoms with Crippen molar-refractivity contribution in [3.8, 4) is 0 Å². The Morgan fingerprint density at radius 3 is 2.43 bits per heavy atom. The molecule has 1 rings (SSSR count). The number of carbonyl (C=O) groups excluding carboxylic acids is 1. The van der Waals surface area contributed by atoms with Crippen LogP contribution in [0.25, 0.3) is 0 Å². The Morgan fingerprint density at radius 2 is 1.93 bits per heavy atom. The maximum absolute atomic E-state index is 11.3. The Hall–Kier alpha value is -0.800. The zero-order valence-corrected chi connectivity index (χ0v) is 9.53. The summed E-state index contributed by atoms with van der Waals surface area (Å²) >= 11 is 11.7. The number of hydrogen-bond acceptors (Lipinski definition) is 3. The Balaban J connectivity index is 3.44. The summed E-state index contributed by atoms with van der Waals surface area (Å²) in [4.78, 5) is 15.2. The fourth-order valence-corrected chi connectivity index (χ4v) is 1.61. The molecular weight excluding hydrogens is 225 g/mol. The summed E-state index contributed by atoms with van der Waals surface area (Å²) < 4.78 is 4.57. The lowest BCUT2D eigenvalue weighted by molar-refractivity contribution is 0.0599. The predicted octanol–water partition coefficient (Wildman–Crippen LogP) is 2.79. The van der Waals surface area contributed by atoms with E-state index in [-0.39, 0.29) is 10.7 Å². The number of methoxy groups -OCH3 is 1. The second-order valence-electron chi connectivity index (χ2n) is 2.79. The minimum atomic E-state index is -0.526. The van der Waals surface area contributed by atoms with Crippen LogP contribution in [0.15, 0.2) is 0 Å². The van der Waals surface area contributed by atoms with Gasteiger partial charge in [-0.1, -0.05) is 23.2 Å². The highest BCUT2D eigenvalue weighted by molar-refractivity contribution is 6.35. The quantitative estimate of drug-likeness (QED) is 0.554. The van der Waals surface area contributed by atoms with E-state index >= 15 is 0 Å². The molecule has 0 unspecified atom stereocenters. The molecule has 0 aliphatic heterocycles. The van der Waals surface area contributed by atoms with E-state index in [0.717, 1.165) is 0 Å². The van der Waals surface area contributed by atoms with E-state index in [0.29, 0.717) is 16.3 Å². The molecule has 1 aromatic rings. The molecule has 14 heavy (non-hydrogen) atoms. The van der Waals surface area contributed by atoms with Crippen molar-refractivity contribution < 1.29 is 9.53 Å². The van der Waals surface area contributed by atoms with Crippen molar-refractivity contribution >= 4 is 29.2 Å². The molecule has 0 aliphatic carbocycles. The van der Waals surface area contributed by atoms with Crippen LogP contribution in [0.4, 0.5) is 0 Å². The van der Waals surface area contributed by atoms with E-state index in [1.165, 1.54) is 7.11 Å². The van der Waals surface area contributed by atoms with Gasteiger partial charge in [0.1, 0.15) is 10.7 Å². The summed E-state index contributed by atoms with van der Waals surface area (Å²) in [6, 6.07) is 0. The van der Waals surface area contributed by atoms with Gasteiger partial charge in [0.2, 0.25) is 0 Å². The number of nitrogens with zero attached hydrogens (tertiary/aromatic N) is 1. The number of aromatic nitrogens is 1. The number of halogens is 2. The number of pyridine rings is 1. The van der Waals surface area contributed by atoms with E-state index < -0.39 is 5.97 Å². The first-order valence-corrected chi connectivity index (χ1v) is 4.65. The molecule has 0 spiro atoms. The van der Waals surface area contributed by atoms with Crippen LogP contribution in [0.1, 0.15) is 21.6 Å². The van der Waals surface area contributed by atoms with Gasteiger partial charge in [0, 0.05) is 0 Å². The lowest BCUT2D eigenvalue weighted by Crippen LogP contribution is -2.07. The van der Waals surface area contributed by atoms with Crippen molar-refractivity contribution in [3.05, 3.63) is 27.0 Å². The molecule has 1 heterocycles. The number of carbonyl (C=O) groups is 1. The first-order chi connectivity index (χ1) is 6.49. The molecule has 76 valence electrons. The zero-order chi connectivity index (χ0) is 10.9. The first-order valence-electron chi connectivity index (χ1n) is 3.89. The predicted molar refractivity (Wildman–Crippen MR) is 55.1 cm³/mol. The van der Waals surface area contributed by atoms with Crippen LogP contribution >= 0.6 is 23.2 Å². The molecule has 1 aromatic heterocycles. The maximum atomic E-state index is 11.3. The normalized spacial score (nSPS) is 10.1. The van der Waals surface area contributed by atoms with Crippen LogP contribution in [0.3, 0.4) is 0 Å². The van der Waals surface area contributed by atoms with E-state index in [2.05, 4.69) is 9.72 Å². The van der Waals surface area contributed by atoms with Crippen LogP contribution < -0.4 is 0 Å². The SMILES string of the molecule is COC(=O)c1c(Cl)nc(C)c(Cl)c1C. The smallest absolute Gasteiger partial charge is 0.341 e. The Labute approximate surface area is 92.0 Å². The van der Waals surface area contributed by atoms with Crippen molar-refractivity contribution in [2.45, 2.75) is 13.8 Å². The highest BCUT2D eigenvalue weighted by Crippen LogP contribution is 2.27.